The third-order valence-electron chi connectivity index (χ3n) is 3.14. The third kappa shape index (κ3) is 6.97. The fourth-order valence-corrected chi connectivity index (χ4v) is 4.75. The van der Waals surface area contributed by atoms with Crippen LogP contribution in [0.1, 0.15) is 25.0 Å². The molecule has 0 unspecified atom stereocenters. The summed E-state index contributed by atoms with van der Waals surface area (Å²) < 4.78 is 1.62. The second-order valence-electron chi connectivity index (χ2n) is 6.15. The molecule has 6 nitrogen and oxygen atoms in total. The van der Waals surface area contributed by atoms with Crippen molar-refractivity contribution in [2.75, 3.05) is 16.8 Å². The van der Waals surface area contributed by atoms with Crippen LogP contribution in [-0.4, -0.2) is 33.6 Å². The topological polar surface area (TPSA) is 84.0 Å². The summed E-state index contributed by atoms with van der Waals surface area (Å²) in [5, 5.41) is 13.2. The minimum absolute atomic E-state index is 0.115. The molecule has 9 heteroatoms. The number of aryl methyl sites for hydroxylation is 2. The van der Waals surface area contributed by atoms with E-state index < -0.39 is 6.03 Å². The van der Waals surface area contributed by atoms with Gasteiger partial charge in [-0.15, -0.1) is 10.2 Å². The van der Waals surface area contributed by atoms with Gasteiger partial charge < -0.3 is 5.32 Å². The summed E-state index contributed by atoms with van der Waals surface area (Å²) in [6, 6.07) is 5.16. The maximum Gasteiger partial charge on any atom is 0.325 e. The number of aromatic nitrogens is 2. The number of hydrogen-bond acceptors (Lipinski definition) is 7. The number of thioether (sulfide) groups is 2. The van der Waals surface area contributed by atoms with Gasteiger partial charge in [-0.05, 0) is 31.4 Å². The monoisotopic (exact) mass is 410 g/mol. The van der Waals surface area contributed by atoms with Crippen LogP contribution in [0.4, 0.5) is 10.5 Å². The molecule has 0 aliphatic heterocycles. The van der Waals surface area contributed by atoms with E-state index in [0.717, 1.165) is 25.6 Å². The Hall–Kier alpha value is -1.58. The second kappa shape index (κ2) is 9.94. The number of nitrogens with zero attached hydrogens (tertiary/aromatic N) is 2. The van der Waals surface area contributed by atoms with Gasteiger partial charge in [0.25, 0.3) is 0 Å². The zero-order valence-electron chi connectivity index (χ0n) is 15.2. The van der Waals surface area contributed by atoms with Gasteiger partial charge in [-0.2, -0.15) is 0 Å². The second-order valence-corrected chi connectivity index (χ2v) is 9.62. The molecule has 1 aromatic carbocycles. The van der Waals surface area contributed by atoms with Gasteiger partial charge in [-0.25, -0.2) is 4.79 Å². The molecule has 0 fully saturated rings. The van der Waals surface area contributed by atoms with E-state index in [-0.39, 0.29) is 11.7 Å². The van der Waals surface area contributed by atoms with Gasteiger partial charge in [0.1, 0.15) is 0 Å². The van der Waals surface area contributed by atoms with Crippen LogP contribution in [0, 0.1) is 19.8 Å². The Morgan fingerprint density at radius 2 is 1.85 bits per heavy atom. The van der Waals surface area contributed by atoms with E-state index in [9.17, 15) is 9.59 Å². The Morgan fingerprint density at radius 1 is 1.15 bits per heavy atom. The van der Waals surface area contributed by atoms with Crippen LogP contribution in [0.5, 0.6) is 0 Å². The lowest BCUT2D eigenvalue weighted by molar-refractivity contribution is -0.117. The van der Waals surface area contributed by atoms with Crippen LogP contribution < -0.4 is 10.6 Å². The molecule has 2 rings (SSSR count). The molecule has 0 atom stereocenters. The van der Waals surface area contributed by atoms with Crippen molar-refractivity contribution in [2.24, 2.45) is 5.92 Å². The summed E-state index contributed by atoms with van der Waals surface area (Å²) >= 11 is 4.41. The number of rotatable bonds is 7. The quantitative estimate of drug-likeness (QED) is 0.661. The zero-order valence-corrected chi connectivity index (χ0v) is 17.6. The molecule has 2 aromatic rings. The maximum atomic E-state index is 11.9. The number of anilines is 1. The third-order valence-corrected chi connectivity index (χ3v) is 6.75. The molecular weight excluding hydrogens is 388 g/mol. The first-order chi connectivity index (χ1) is 12.3. The first-order valence-corrected chi connectivity index (χ1v) is 10.9. The van der Waals surface area contributed by atoms with Gasteiger partial charge in [0.05, 0.1) is 5.75 Å². The molecule has 0 spiro atoms. The van der Waals surface area contributed by atoms with E-state index in [2.05, 4.69) is 34.7 Å². The molecule has 2 N–H and O–H groups in total. The van der Waals surface area contributed by atoms with Crippen molar-refractivity contribution in [3.05, 3.63) is 29.3 Å². The maximum absolute atomic E-state index is 11.9. The Kier molecular flexibility index (Phi) is 7.92. The minimum atomic E-state index is -0.534. The summed E-state index contributed by atoms with van der Waals surface area (Å²) in [4.78, 5) is 23.9. The lowest BCUT2D eigenvalue weighted by Gasteiger charge is -2.09. The summed E-state index contributed by atoms with van der Waals surface area (Å²) in [6.45, 7) is 8.19. The summed E-state index contributed by atoms with van der Waals surface area (Å²) in [5.41, 5.74) is 2.75. The molecule has 0 aliphatic carbocycles. The number of imide groups is 1. The van der Waals surface area contributed by atoms with Crippen molar-refractivity contribution in [1.29, 1.82) is 0 Å². The van der Waals surface area contributed by atoms with Crippen molar-refractivity contribution in [3.63, 3.8) is 0 Å². The lowest BCUT2D eigenvalue weighted by atomic mass is 10.1. The van der Waals surface area contributed by atoms with Crippen LogP contribution in [0.15, 0.2) is 26.9 Å². The van der Waals surface area contributed by atoms with Gasteiger partial charge >= 0.3 is 6.03 Å². The van der Waals surface area contributed by atoms with Crippen molar-refractivity contribution >= 4 is 52.5 Å². The van der Waals surface area contributed by atoms with Crippen LogP contribution in [0.2, 0.25) is 0 Å². The first-order valence-electron chi connectivity index (χ1n) is 8.10. The van der Waals surface area contributed by atoms with E-state index in [4.69, 9.17) is 0 Å². The Balaban J connectivity index is 1.77. The van der Waals surface area contributed by atoms with Crippen molar-refractivity contribution < 1.29 is 9.59 Å². The van der Waals surface area contributed by atoms with Crippen LogP contribution in [0.3, 0.4) is 0 Å². The predicted molar refractivity (Wildman–Crippen MR) is 109 cm³/mol. The highest BCUT2D eigenvalue weighted by Crippen LogP contribution is 2.29. The Bertz CT molecular complexity index is 777. The lowest BCUT2D eigenvalue weighted by Crippen LogP contribution is -2.35. The van der Waals surface area contributed by atoms with Gasteiger partial charge in [0.15, 0.2) is 8.68 Å². The molecule has 140 valence electrons. The normalized spacial score (nSPS) is 10.8. The number of carbonyl (C=O) groups excluding carboxylic acids is 2. The van der Waals surface area contributed by atoms with E-state index in [1.54, 1.807) is 11.8 Å². The van der Waals surface area contributed by atoms with Crippen molar-refractivity contribution in [1.82, 2.24) is 15.5 Å². The molecule has 0 radical (unpaired) electrons. The van der Waals surface area contributed by atoms with Crippen molar-refractivity contribution in [2.45, 2.75) is 36.4 Å². The largest absolute Gasteiger partial charge is 0.325 e. The number of benzene rings is 1. The average molecular weight is 411 g/mol. The Labute approximate surface area is 165 Å². The van der Waals surface area contributed by atoms with E-state index in [1.165, 1.54) is 23.1 Å². The molecule has 0 bridgehead atoms. The number of amides is 3. The van der Waals surface area contributed by atoms with Gasteiger partial charge in [-0.3, -0.25) is 10.1 Å². The zero-order chi connectivity index (χ0) is 19.1. The van der Waals surface area contributed by atoms with E-state index in [1.807, 2.05) is 32.0 Å². The highest BCUT2D eigenvalue weighted by Gasteiger charge is 2.12. The van der Waals surface area contributed by atoms with E-state index in [0.29, 0.717) is 11.6 Å². The summed E-state index contributed by atoms with van der Waals surface area (Å²) in [7, 11) is 0. The molecule has 0 saturated heterocycles. The SMILES string of the molecule is Cc1ccc(NC(=O)NC(=O)CSc2nnc(SCC(C)C)s2)c(C)c1. The molecule has 3 amide bonds. The highest BCUT2D eigenvalue weighted by atomic mass is 32.2. The molecule has 0 aliphatic rings. The standard InChI is InChI=1S/C17H22N4O2S3/c1-10(2)8-24-16-20-21-17(26-16)25-9-14(22)19-15(23)18-13-6-5-11(3)7-12(13)4/h5-7,10H,8-9H2,1-4H3,(H2,18,19,22,23). The van der Waals surface area contributed by atoms with E-state index >= 15 is 0 Å². The fraction of sp³-hybridized carbons (Fsp3) is 0.412. The highest BCUT2D eigenvalue weighted by molar-refractivity contribution is 8.03. The number of carbonyl (C=O) groups is 2. The Morgan fingerprint density at radius 3 is 2.50 bits per heavy atom. The molecule has 1 aromatic heterocycles. The molecule has 1 heterocycles. The average Bonchev–Trinajstić information content (AvgIpc) is 3.01. The molecule has 0 saturated carbocycles. The number of nitrogens with one attached hydrogen (secondary N) is 2. The van der Waals surface area contributed by atoms with Gasteiger partial charge in [-0.1, -0.05) is 66.4 Å². The first kappa shape index (κ1) is 20.7. The van der Waals surface area contributed by atoms with Crippen LogP contribution in [-0.2, 0) is 4.79 Å². The summed E-state index contributed by atoms with van der Waals surface area (Å²) in [6.07, 6.45) is 0. The molecular formula is C17H22N4O2S3. The number of hydrogen-bond donors (Lipinski definition) is 2. The van der Waals surface area contributed by atoms with Gasteiger partial charge in [0.2, 0.25) is 5.91 Å². The summed E-state index contributed by atoms with van der Waals surface area (Å²) in [5.74, 6) is 1.31. The van der Waals surface area contributed by atoms with Crippen molar-refractivity contribution in [3.8, 4) is 0 Å². The predicted octanol–water partition coefficient (Wildman–Crippen LogP) is 4.34. The van der Waals surface area contributed by atoms with Gasteiger partial charge in [0, 0.05) is 11.4 Å². The smallest absolute Gasteiger partial charge is 0.307 e. The van der Waals surface area contributed by atoms with Crippen LogP contribution in [0.25, 0.3) is 0 Å². The fourth-order valence-electron chi connectivity index (χ4n) is 1.95. The molecule has 26 heavy (non-hydrogen) atoms. The van der Waals surface area contributed by atoms with Crippen LogP contribution >= 0.6 is 34.9 Å². The number of urea groups is 1. The minimum Gasteiger partial charge on any atom is -0.307 e.